The van der Waals surface area contributed by atoms with Crippen molar-refractivity contribution >= 4 is 23.0 Å². The highest BCUT2D eigenvalue weighted by Gasteiger charge is 1.92. The van der Waals surface area contributed by atoms with Crippen LogP contribution in [-0.4, -0.2) is 11.4 Å². The number of hydrogen-bond acceptors (Lipinski definition) is 2. The van der Waals surface area contributed by atoms with Crippen molar-refractivity contribution in [3.63, 3.8) is 0 Å². The van der Waals surface area contributed by atoms with E-state index >= 15 is 0 Å². The number of rotatable bonds is 0. The summed E-state index contributed by atoms with van der Waals surface area (Å²) in [7, 11) is 0. The zero-order valence-electron chi connectivity index (χ0n) is 2.80. The molecule has 0 atom stereocenters. The van der Waals surface area contributed by atoms with E-state index in [0.29, 0.717) is 5.17 Å². The van der Waals surface area contributed by atoms with Crippen molar-refractivity contribution in [3.05, 3.63) is 0 Å². The van der Waals surface area contributed by atoms with Crippen LogP contribution in [0.15, 0.2) is 10.2 Å². The predicted molar refractivity (Wildman–Crippen MR) is 23.9 cm³/mol. The summed E-state index contributed by atoms with van der Waals surface area (Å²) in [4.78, 5) is 0. The van der Waals surface area contributed by atoms with Crippen LogP contribution >= 0.6 is 11.6 Å². The van der Waals surface area contributed by atoms with Gasteiger partial charge in [0.15, 0.2) is 5.17 Å². The number of halogens is 1. The smallest absolute Gasteiger partial charge is 0.135 e. The van der Waals surface area contributed by atoms with Gasteiger partial charge in [-0.1, -0.05) is 11.6 Å². The summed E-state index contributed by atoms with van der Waals surface area (Å²) in [6, 6.07) is 0. The van der Waals surface area contributed by atoms with E-state index in [1.165, 1.54) is 6.21 Å². The Labute approximate surface area is 39.7 Å². The molecule has 3 nitrogen and oxygen atoms in total. The summed E-state index contributed by atoms with van der Waals surface area (Å²) in [5.41, 5.74) is 3.19. The Balaban J connectivity index is 2.68. The van der Waals surface area contributed by atoms with Crippen molar-refractivity contribution in [2.45, 2.75) is 0 Å². The van der Waals surface area contributed by atoms with Crippen LogP contribution in [0, 0.1) is 0 Å². The van der Waals surface area contributed by atoms with Crippen molar-refractivity contribution in [2.24, 2.45) is 10.2 Å². The molecule has 1 rings (SSSR count). The normalized spacial score (nSPS) is 17.2. The van der Waals surface area contributed by atoms with E-state index in [9.17, 15) is 0 Å². The van der Waals surface area contributed by atoms with Gasteiger partial charge in [0, 0.05) is 0 Å². The van der Waals surface area contributed by atoms with Gasteiger partial charge in [-0.3, -0.25) is 0 Å². The largest absolute Gasteiger partial charge is 0.173 e. The monoisotopic (exact) mass is 102 g/mol. The van der Waals surface area contributed by atoms with E-state index in [0.717, 1.165) is 0 Å². The number of nitrogens with zero attached hydrogens (tertiary/aromatic N) is 3. The molecule has 1 aliphatic heterocycles. The summed E-state index contributed by atoms with van der Waals surface area (Å²) in [6.45, 7) is 0. The molecular formula is C2HClN3. The van der Waals surface area contributed by atoms with Crippen molar-refractivity contribution in [1.82, 2.24) is 5.53 Å². The lowest BCUT2D eigenvalue weighted by atomic mass is 10.8. The Bertz CT molecular complexity index is 103. The molecule has 0 amide bonds. The molecule has 1 aliphatic rings. The van der Waals surface area contributed by atoms with Gasteiger partial charge in [0.25, 0.3) is 0 Å². The van der Waals surface area contributed by atoms with Crippen LogP contribution in [0.3, 0.4) is 0 Å². The molecule has 0 aromatic rings. The Morgan fingerprint density at radius 3 is 2.67 bits per heavy atom. The molecule has 0 aliphatic carbocycles. The molecule has 0 aromatic heterocycles. The molecule has 0 fully saturated rings. The zero-order valence-corrected chi connectivity index (χ0v) is 3.55. The molecular weight excluding hydrogens is 101 g/mol. The minimum atomic E-state index is 0.343. The van der Waals surface area contributed by atoms with E-state index in [1.807, 2.05) is 0 Å². The highest BCUT2D eigenvalue weighted by atomic mass is 35.5. The highest BCUT2D eigenvalue weighted by Crippen LogP contribution is 1.85. The van der Waals surface area contributed by atoms with E-state index in [2.05, 4.69) is 15.7 Å². The maximum atomic E-state index is 5.22. The topological polar surface area (TPSA) is 38.8 Å². The van der Waals surface area contributed by atoms with Gasteiger partial charge < -0.3 is 0 Å². The first-order valence-corrected chi connectivity index (χ1v) is 1.74. The average molecular weight is 103 g/mol. The minimum Gasteiger partial charge on any atom is -0.135 e. The molecule has 4 heteroatoms. The summed E-state index contributed by atoms with van der Waals surface area (Å²) < 4.78 is 0. The lowest BCUT2D eigenvalue weighted by molar-refractivity contribution is 0.815. The van der Waals surface area contributed by atoms with Gasteiger partial charge in [0.1, 0.15) is 0 Å². The second kappa shape index (κ2) is 1.26. The third kappa shape index (κ3) is 0.490. The van der Waals surface area contributed by atoms with Crippen molar-refractivity contribution in [3.8, 4) is 0 Å². The average Bonchev–Trinajstić information content (AvgIpc) is 1.86. The van der Waals surface area contributed by atoms with Gasteiger partial charge in [0.05, 0.1) is 6.21 Å². The van der Waals surface area contributed by atoms with Crippen LogP contribution in [0.25, 0.3) is 0 Å². The molecule has 1 radical (unpaired) electrons. The quantitative estimate of drug-likeness (QED) is 0.418. The van der Waals surface area contributed by atoms with E-state index in [4.69, 9.17) is 11.6 Å². The summed E-state index contributed by atoms with van der Waals surface area (Å²) in [6.07, 6.45) is 1.38. The predicted octanol–water partition coefficient (Wildman–Crippen LogP) is 0.142. The van der Waals surface area contributed by atoms with E-state index in [-0.39, 0.29) is 0 Å². The van der Waals surface area contributed by atoms with Crippen molar-refractivity contribution < 1.29 is 0 Å². The molecule has 0 bridgehead atoms. The zero-order chi connectivity index (χ0) is 4.41. The molecule has 1 heterocycles. The molecule has 0 saturated heterocycles. The lowest BCUT2D eigenvalue weighted by Crippen LogP contribution is -1.77. The molecule has 6 heavy (non-hydrogen) atoms. The second-order valence-electron chi connectivity index (χ2n) is 0.757. The fourth-order valence-corrected chi connectivity index (χ4v) is 0.245. The van der Waals surface area contributed by atoms with E-state index in [1.54, 1.807) is 0 Å². The Morgan fingerprint density at radius 1 is 1.67 bits per heavy atom. The second-order valence-corrected chi connectivity index (χ2v) is 1.14. The Hall–Kier alpha value is -0.570. The van der Waals surface area contributed by atoms with Gasteiger partial charge in [0.2, 0.25) is 0 Å². The standard InChI is InChI=1S/C2HClN3/c3-2-1-4-6-5-2/h1H. The summed E-state index contributed by atoms with van der Waals surface area (Å²) in [5.74, 6) is 0. The Kier molecular flexibility index (Phi) is 0.759. The summed E-state index contributed by atoms with van der Waals surface area (Å²) >= 11 is 5.22. The van der Waals surface area contributed by atoms with Gasteiger partial charge in [-0.2, -0.15) is 0 Å². The minimum absolute atomic E-state index is 0.343. The fraction of sp³-hybridized carbons (Fsp3) is 0. The van der Waals surface area contributed by atoms with Crippen LogP contribution in [0.5, 0.6) is 0 Å². The van der Waals surface area contributed by atoms with Crippen molar-refractivity contribution in [2.75, 3.05) is 0 Å². The van der Waals surface area contributed by atoms with Gasteiger partial charge in [-0.15, -0.1) is 10.2 Å². The van der Waals surface area contributed by atoms with Crippen LogP contribution < -0.4 is 5.53 Å². The molecule has 0 aromatic carbocycles. The van der Waals surface area contributed by atoms with E-state index < -0.39 is 0 Å². The van der Waals surface area contributed by atoms with Crippen LogP contribution in [0.1, 0.15) is 0 Å². The molecule has 0 unspecified atom stereocenters. The molecule has 31 valence electrons. The first kappa shape index (κ1) is 3.61. The fourth-order valence-electron chi connectivity index (χ4n) is 0.168. The van der Waals surface area contributed by atoms with Gasteiger partial charge >= 0.3 is 0 Å². The lowest BCUT2D eigenvalue weighted by Gasteiger charge is -1.64. The van der Waals surface area contributed by atoms with Gasteiger partial charge in [-0.25, -0.2) is 0 Å². The first-order valence-electron chi connectivity index (χ1n) is 1.36. The van der Waals surface area contributed by atoms with Crippen LogP contribution in [0.2, 0.25) is 0 Å². The maximum Gasteiger partial charge on any atom is 0.173 e. The van der Waals surface area contributed by atoms with Crippen molar-refractivity contribution in [1.29, 1.82) is 0 Å². The first-order chi connectivity index (χ1) is 2.89. The third-order valence-corrected chi connectivity index (χ3v) is 0.529. The molecule has 0 saturated carbocycles. The van der Waals surface area contributed by atoms with Crippen LogP contribution in [-0.2, 0) is 0 Å². The highest BCUT2D eigenvalue weighted by molar-refractivity contribution is 6.80. The Morgan fingerprint density at radius 2 is 2.50 bits per heavy atom. The molecule has 0 spiro atoms. The molecule has 0 N–H and O–H groups in total. The number of hydrogen-bond donors (Lipinski definition) is 0. The third-order valence-electron chi connectivity index (χ3n) is 0.356. The maximum absolute atomic E-state index is 5.22. The van der Waals surface area contributed by atoms with Crippen LogP contribution in [0.4, 0.5) is 0 Å². The summed E-state index contributed by atoms with van der Waals surface area (Å²) in [5, 5.41) is 6.99. The SMILES string of the molecule is ClC1=N[N]N=C1. The van der Waals surface area contributed by atoms with Gasteiger partial charge in [-0.05, 0) is 5.53 Å².